The van der Waals surface area contributed by atoms with Crippen molar-refractivity contribution in [3.63, 3.8) is 0 Å². The molecule has 0 bridgehead atoms. The molecule has 154 valence electrons. The lowest BCUT2D eigenvalue weighted by Gasteiger charge is -2.33. The first-order valence-electron chi connectivity index (χ1n) is 9.27. The molecule has 3 rings (SSSR count). The Kier molecular flexibility index (Phi) is 8.94. The molecule has 2 heterocycles. The minimum absolute atomic E-state index is 0. The Balaban J connectivity index is 0.00000280. The Morgan fingerprint density at radius 1 is 1.25 bits per heavy atom. The number of hydrogen-bond acceptors (Lipinski definition) is 3. The van der Waals surface area contributed by atoms with Crippen LogP contribution in [0.2, 0.25) is 0 Å². The van der Waals surface area contributed by atoms with Gasteiger partial charge in [-0.15, -0.1) is 35.3 Å². The van der Waals surface area contributed by atoms with Crippen LogP contribution in [-0.4, -0.2) is 38.7 Å². The first kappa shape index (κ1) is 22.9. The van der Waals surface area contributed by atoms with Gasteiger partial charge in [0, 0.05) is 32.7 Å². The number of thiophene rings is 1. The first-order chi connectivity index (χ1) is 13.1. The molecule has 1 aliphatic heterocycles. The van der Waals surface area contributed by atoms with Crippen LogP contribution >= 0.6 is 35.3 Å². The van der Waals surface area contributed by atoms with Gasteiger partial charge >= 0.3 is 0 Å². The van der Waals surface area contributed by atoms with Gasteiger partial charge in [0.15, 0.2) is 17.6 Å². The van der Waals surface area contributed by atoms with E-state index in [0.717, 1.165) is 37.5 Å². The Labute approximate surface area is 186 Å². The van der Waals surface area contributed by atoms with Gasteiger partial charge < -0.3 is 15.5 Å². The van der Waals surface area contributed by atoms with Crippen molar-refractivity contribution in [2.24, 2.45) is 4.99 Å². The molecule has 0 aliphatic carbocycles. The van der Waals surface area contributed by atoms with Gasteiger partial charge in [0.2, 0.25) is 0 Å². The molecule has 2 aromatic rings. The van der Waals surface area contributed by atoms with Crippen molar-refractivity contribution in [3.8, 4) is 0 Å². The van der Waals surface area contributed by atoms with E-state index in [1.54, 1.807) is 24.5 Å². The van der Waals surface area contributed by atoms with Crippen LogP contribution in [0.5, 0.6) is 0 Å². The second kappa shape index (κ2) is 10.9. The maximum Gasteiger partial charge on any atom is 0.191 e. The van der Waals surface area contributed by atoms with Crippen LogP contribution in [0.3, 0.4) is 0 Å². The summed E-state index contributed by atoms with van der Waals surface area (Å²) >= 11 is 1.78. The van der Waals surface area contributed by atoms with Gasteiger partial charge in [0.1, 0.15) is 0 Å². The molecular weight excluding hydrogens is 493 g/mol. The van der Waals surface area contributed by atoms with Crippen molar-refractivity contribution in [3.05, 3.63) is 52.9 Å². The number of benzene rings is 1. The van der Waals surface area contributed by atoms with E-state index >= 15 is 0 Å². The highest BCUT2D eigenvalue weighted by molar-refractivity contribution is 14.0. The maximum absolute atomic E-state index is 13.4. The van der Waals surface area contributed by atoms with Crippen LogP contribution in [0.15, 0.2) is 40.7 Å². The van der Waals surface area contributed by atoms with Crippen molar-refractivity contribution >= 4 is 46.3 Å². The fourth-order valence-electron chi connectivity index (χ4n) is 3.27. The molecule has 1 aromatic carbocycles. The van der Waals surface area contributed by atoms with E-state index in [2.05, 4.69) is 38.0 Å². The van der Waals surface area contributed by atoms with Crippen molar-refractivity contribution in [2.75, 3.05) is 31.6 Å². The third-order valence-corrected chi connectivity index (χ3v) is 5.89. The fourth-order valence-corrected chi connectivity index (χ4v) is 4.05. The van der Waals surface area contributed by atoms with Gasteiger partial charge in [-0.2, -0.15) is 0 Å². The van der Waals surface area contributed by atoms with E-state index in [9.17, 15) is 8.78 Å². The topological polar surface area (TPSA) is 39.7 Å². The molecule has 1 unspecified atom stereocenters. The second-order valence-electron chi connectivity index (χ2n) is 6.88. The molecule has 1 fully saturated rings. The van der Waals surface area contributed by atoms with Crippen LogP contribution in [0.4, 0.5) is 13.8 Å². The molecule has 0 saturated carbocycles. The van der Waals surface area contributed by atoms with E-state index in [1.165, 1.54) is 17.1 Å². The van der Waals surface area contributed by atoms with Crippen molar-refractivity contribution in [1.29, 1.82) is 0 Å². The minimum Gasteiger partial charge on any atom is -0.363 e. The molecular formula is C20H27F2IN4S. The summed E-state index contributed by atoms with van der Waals surface area (Å²) in [5.74, 6) is -0.831. The molecule has 0 radical (unpaired) electrons. The summed E-state index contributed by atoms with van der Waals surface area (Å²) in [5, 5.41) is 10.2. The lowest BCUT2D eigenvalue weighted by Crippen LogP contribution is -2.49. The SMILES string of the molecule is CN=C(NCC(C)c1ccc(F)c(F)c1)NC1CCN(c2cccs2)CC1.I. The predicted molar refractivity (Wildman–Crippen MR) is 124 cm³/mol. The molecule has 2 N–H and O–H groups in total. The predicted octanol–water partition coefficient (Wildman–Crippen LogP) is 4.58. The molecule has 8 heteroatoms. The second-order valence-corrected chi connectivity index (χ2v) is 7.81. The fraction of sp³-hybridized carbons (Fsp3) is 0.450. The monoisotopic (exact) mass is 520 g/mol. The highest BCUT2D eigenvalue weighted by atomic mass is 127. The normalized spacial score (nSPS) is 16.4. The molecule has 1 aliphatic rings. The number of nitrogens with zero attached hydrogens (tertiary/aromatic N) is 2. The Morgan fingerprint density at radius 3 is 2.61 bits per heavy atom. The van der Waals surface area contributed by atoms with Gasteiger partial charge in [-0.1, -0.05) is 13.0 Å². The summed E-state index contributed by atoms with van der Waals surface area (Å²) in [4.78, 5) is 6.72. The zero-order valence-electron chi connectivity index (χ0n) is 16.1. The molecule has 1 saturated heterocycles. The smallest absolute Gasteiger partial charge is 0.191 e. The number of rotatable bonds is 5. The van der Waals surface area contributed by atoms with Gasteiger partial charge in [0.05, 0.1) is 5.00 Å². The third kappa shape index (κ3) is 6.04. The molecule has 0 spiro atoms. The van der Waals surface area contributed by atoms with Crippen LogP contribution in [0.25, 0.3) is 0 Å². The van der Waals surface area contributed by atoms with Crippen LogP contribution in [0.1, 0.15) is 31.2 Å². The summed E-state index contributed by atoms with van der Waals surface area (Å²) < 4.78 is 26.5. The highest BCUT2D eigenvalue weighted by Crippen LogP contribution is 2.24. The van der Waals surface area contributed by atoms with E-state index in [-0.39, 0.29) is 29.9 Å². The van der Waals surface area contributed by atoms with E-state index in [1.807, 2.05) is 6.92 Å². The Morgan fingerprint density at radius 2 is 2.00 bits per heavy atom. The van der Waals surface area contributed by atoms with Gasteiger partial charge in [-0.05, 0) is 54.0 Å². The quantitative estimate of drug-likeness (QED) is 0.345. The summed E-state index contributed by atoms with van der Waals surface area (Å²) in [5.41, 5.74) is 0.765. The van der Waals surface area contributed by atoms with Crippen LogP contribution in [0, 0.1) is 11.6 Å². The average Bonchev–Trinajstić information content (AvgIpc) is 3.22. The number of nitrogens with one attached hydrogen (secondary N) is 2. The summed E-state index contributed by atoms with van der Waals surface area (Å²) in [6.45, 7) is 4.63. The average molecular weight is 520 g/mol. The van der Waals surface area contributed by atoms with E-state index in [4.69, 9.17) is 0 Å². The maximum atomic E-state index is 13.4. The zero-order chi connectivity index (χ0) is 19.2. The molecule has 0 amide bonds. The lowest BCUT2D eigenvalue weighted by molar-refractivity contribution is 0.462. The standard InChI is InChI=1S/C20H26F2N4S.HI/c1-14(15-5-6-17(21)18(22)12-15)13-24-20(23-2)25-16-7-9-26(10-8-16)19-4-3-11-27-19;/h3-6,11-12,14,16H,7-10,13H2,1-2H3,(H2,23,24,25);1H. The highest BCUT2D eigenvalue weighted by Gasteiger charge is 2.21. The number of aliphatic imine (C=N–C) groups is 1. The summed E-state index contributed by atoms with van der Waals surface area (Å²) in [6.07, 6.45) is 2.11. The number of piperidine rings is 1. The van der Waals surface area contributed by atoms with E-state index in [0.29, 0.717) is 12.6 Å². The number of guanidine groups is 1. The van der Waals surface area contributed by atoms with Crippen molar-refractivity contribution in [2.45, 2.75) is 31.7 Å². The minimum atomic E-state index is -0.815. The number of halogens is 3. The van der Waals surface area contributed by atoms with Crippen LogP contribution < -0.4 is 15.5 Å². The summed E-state index contributed by atoms with van der Waals surface area (Å²) in [6, 6.07) is 8.70. The van der Waals surface area contributed by atoms with Gasteiger partial charge in [0.25, 0.3) is 0 Å². The first-order valence-corrected chi connectivity index (χ1v) is 10.2. The Bertz CT molecular complexity index is 762. The molecule has 4 nitrogen and oxygen atoms in total. The number of anilines is 1. The van der Waals surface area contributed by atoms with Crippen molar-refractivity contribution in [1.82, 2.24) is 10.6 Å². The van der Waals surface area contributed by atoms with Crippen LogP contribution in [-0.2, 0) is 0 Å². The lowest BCUT2D eigenvalue weighted by atomic mass is 10.0. The van der Waals surface area contributed by atoms with E-state index < -0.39 is 11.6 Å². The largest absolute Gasteiger partial charge is 0.363 e. The molecule has 1 aromatic heterocycles. The molecule has 28 heavy (non-hydrogen) atoms. The van der Waals surface area contributed by atoms with Gasteiger partial charge in [-0.3, -0.25) is 4.99 Å². The molecule has 1 atom stereocenters. The summed E-state index contributed by atoms with van der Waals surface area (Å²) in [7, 11) is 1.75. The number of hydrogen-bond donors (Lipinski definition) is 2. The zero-order valence-corrected chi connectivity index (χ0v) is 19.3. The van der Waals surface area contributed by atoms with Gasteiger partial charge in [-0.25, -0.2) is 8.78 Å². The van der Waals surface area contributed by atoms with Crippen molar-refractivity contribution < 1.29 is 8.78 Å². The Hall–Kier alpha value is -1.42. The third-order valence-electron chi connectivity index (χ3n) is 4.97.